The monoisotopic (exact) mass is 646 g/mol. The average Bonchev–Trinajstić information content (AvgIpc) is 3.67. The van der Waals surface area contributed by atoms with Gasteiger partial charge in [0.05, 0.1) is 24.1 Å². The van der Waals surface area contributed by atoms with Gasteiger partial charge in [-0.05, 0) is 56.7 Å². The second-order valence-electron chi connectivity index (χ2n) is 12.7. The lowest BCUT2D eigenvalue weighted by atomic mass is 9.63. The van der Waals surface area contributed by atoms with Crippen molar-refractivity contribution in [2.24, 2.45) is 16.3 Å². The van der Waals surface area contributed by atoms with Crippen LogP contribution in [0.1, 0.15) is 48.9 Å². The molecule has 3 aliphatic heterocycles. The first-order chi connectivity index (χ1) is 21.3. The van der Waals surface area contributed by atoms with E-state index in [1.54, 1.807) is 61.4 Å². The van der Waals surface area contributed by atoms with E-state index in [1.807, 2.05) is 5.01 Å². The summed E-state index contributed by atoms with van der Waals surface area (Å²) in [6.07, 6.45) is 2.50. The van der Waals surface area contributed by atoms with Crippen LogP contribution in [0.4, 0.5) is 13.2 Å². The fourth-order valence-corrected chi connectivity index (χ4v) is 7.95. The number of carboxylic acid groups (broad SMARTS) is 1. The molecule has 10 nitrogen and oxygen atoms in total. The number of carbonyl (C=O) groups is 2. The molecular weight excluding hydrogens is 609 g/mol. The Balaban J connectivity index is 1.34. The number of amidine groups is 1. The molecule has 1 aromatic carbocycles. The van der Waals surface area contributed by atoms with Gasteiger partial charge in [0.25, 0.3) is 5.92 Å². The lowest BCUT2D eigenvalue weighted by Gasteiger charge is -2.45. The second-order valence-corrected chi connectivity index (χ2v) is 13.6. The maximum absolute atomic E-state index is 15.9. The highest BCUT2D eigenvalue weighted by molar-refractivity contribution is 7.11. The maximum Gasteiger partial charge on any atom is 0.338 e. The van der Waals surface area contributed by atoms with Crippen molar-refractivity contribution in [2.75, 3.05) is 39.8 Å². The zero-order valence-corrected chi connectivity index (χ0v) is 26.4. The number of carboxylic acids is 1. The van der Waals surface area contributed by atoms with E-state index in [1.165, 1.54) is 17.4 Å². The van der Waals surface area contributed by atoms with Crippen LogP contribution in [0, 0.1) is 24.1 Å². The Morgan fingerprint density at radius 3 is 2.69 bits per heavy atom. The number of fused-ring (bicyclic) bond motifs is 1. The third-order valence-corrected chi connectivity index (χ3v) is 10.3. The molecule has 0 bridgehead atoms. The van der Waals surface area contributed by atoms with Crippen molar-refractivity contribution in [1.82, 2.24) is 25.2 Å². The molecule has 2 N–H and O–H groups in total. The highest BCUT2D eigenvalue weighted by Crippen LogP contribution is 2.48. The van der Waals surface area contributed by atoms with Crippen LogP contribution >= 0.6 is 11.3 Å². The second kappa shape index (κ2) is 11.8. The number of nitrogens with zero attached hydrogens (tertiary/aromatic N) is 5. The fourth-order valence-electron chi connectivity index (χ4n) is 7.36. The Hall–Kier alpha value is -3.33. The van der Waals surface area contributed by atoms with Gasteiger partial charge in [0.1, 0.15) is 17.9 Å². The van der Waals surface area contributed by atoms with Crippen LogP contribution in [-0.4, -0.2) is 101 Å². The first-order valence-corrected chi connectivity index (χ1v) is 15.9. The van der Waals surface area contributed by atoms with Gasteiger partial charge in [0.2, 0.25) is 0 Å². The molecule has 4 heterocycles. The van der Waals surface area contributed by atoms with E-state index in [2.05, 4.69) is 10.3 Å². The molecular formula is C31H37F3N6O4S. The molecule has 0 amide bonds. The normalized spacial score (nSPS) is 30.1. The van der Waals surface area contributed by atoms with Crippen LogP contribution in [0.3, 0.4) is 0 Å². The van der Waals surface area contributed by atoms with Gasteiger partial charge in [-0.2, -0.15) is 0 Å². The number of alkyl halides is 2. The molecule has 0 spiro atoms. The molecule has 242 valence electrons. The fraction of sp³-hybridized carbons (Fsp3) is 0.548. The quantitative estimate of drug-likeness (QED) is 0.393. The standard InChI is InChI=1S/C31H37F3N6O4S/c1-5-44-28(41)23-21(36-26(27-35-9-10-45-27)37-24(23)19-7-6-8-20(32)17(19)2)14-39-16-31(33,34)25-22(39)15-38(4)40(25)13-18-11-30(3,12-18)29(42)43/h6-10,18,22,24-25H,5,11-16H2,1-4H3,(H,36,37)(H,42,43)/t18?,22-,24+,25+,30?/m1/s1. The largest absolute Gasteiger partial charge is 0.481 e. The summed E-state index contributed by atoms with van der Waals surface area (Å²) in [4.78, 5) is 36.0. The van der Waals surface area contributed by atoms with Crippen molar-refractivity contribution in [3.05, 3.63) is 63.0 Å². The van der Waals surface area contributed by atoms with Crippen molar-refractivity contribution in [2.45, 2.75) is 57.7 Å². The number of thiazole rings is 1. The number of likely N-dealkylation sites (tertiary alicyclic amines) is 1. The molecule has 2 aromatic rings. The summed E-state index contributed by atoms with van der Waals surface area (Å²) in [5, 5.41) is 18.6. The number of nitrogens with one attached hydrogen (secondary N) is 1. The summed E-state index contributed by atoms with van der Waals surface area (Å²) in [6.45, 7) is 5.21. The Morgan fingerprint density at radius 2 is 2.02 bits per heavy atom. The summed E-state index contributed by atoms with van der Waals surface area (Å²) < 4.78 is 52.0. The lowest BCUT2D eigenvalue weighted by molar-refractivity contribution is -0.160. The van der Waals surface area contributed by atoms with Crippen LogP contribution in [0.25, 0.3) is 0 Å². The van der Waals surface area contributed by atoms with E-state index in [-0.39, 0.29) is 24.6 Å². The number of benzene rings is 1. The molecule has 14 heteroatoms. The minimum atomic E-state index is -3.07. The number of rotatable bonds is 9. The Morgan fingerprint density at radius 1 is 1.27 bits per heavy atom. The van der Waals surface area contributed by atoms with Gasteiger partial charge in [0.15, 0.2) is 10.8 Å². The summed E-state index contributed by atoms with van der Waals surface area (Å²) >= 11 is 1.33. The van der Waals surface area contributed by atoms with E-state index in [4.69, 9.17) is 9.73 Å². The number of ether oxygens (including phenoxy) is 1. The van der Waals surface area contributed by atoms with Gasteiger partial charge in [-0.1, -0.05) is 12.1 Å². The number of aliphatic carboxylic acids is 1. The Bertz CT molecular complexity index is 1540. The number of halogens is 3. The number of carbonyl (C=O) groups excluding carboxylic acids is 1. The number of aliphatic imine (C=N–C) groups is 1. The minimum Gasteiger partial charge on any atom is -0.481 e. The number of hydrogen-bond acceptors (Lipinski definition) is 10. The summed E-state index contributed by atoms with van der Waals surface area (Å²) in [6, 6.07) is 1.97. The third-order valence-electron chi connectivity index (χ3n) is 9.55. The third kappa shape index (κ3) is 5.66. The summed E-state index contributed by atoms with van der Waals surface area (Å²) in [5.41, 5.74) is 0.474. The molecule has 4 aliphatic rings. The number of aromatic nitrogens is 1. The zero-order valence-electron chi connectivity index (χ0n) is 25.6. The molecule has 2 saturated heterocycles. The minimum absolute atomic E-state index is 0.00242. The van der Waals surface area contributed by atoms with E-state index in [0.717, 1.165) is 0 Å². The Kier molecular flexibility index (Phi) is 8.29. The van der Waals surface area contributed by atoms with Gasteiger partial charge in [0, 0.05) is 50.0 Å². The number of esters is 1. The molecule has 3 atom stereocenters. The van der Waals surface area contributed by atoms with Gasteiger partial charge in [-0.3, -0.25) is 14.7 Å². The maximum atomic E-state index is 15.9. The first-order valence-electron chi connectivity index (χ1n) is 15.1. The van der Waals surface area contributed by atoms with Crippen molar-refractivity contribution in [3.8, 4) is 0 Å². The van der Waals surface area contributed by atoms with Crippen LogP contribution in [0.15, 0.2) is 46.0 Å². The number of likely N-dealkylation sites (N-methyl/N-ethyl adjacent to an activating group) is 1. The molecule has 0 unspecified atom stereocenters. The zero-order chi connectivity index (χ0) is 32.3. The molecule has 1 aliphatic carbocycles. The Labute approximate surface area is 263 Å². The van der Waals surface area contributed by atoms with Crippen LogP contribution in [-0.2, 0) is 14.3 Å². The van der Waals surface area contributed by atoms with Crippen molar-refractivity contribution < 1.29 is 32.6 Å². The summed E-state index contributed by atoms with van der Waals surface area (Å²) in [7, 11) is 1.78. The van der Waals surface area contributed by atoms with E-state index in [9.17, 15) is 19.1 Å². The number of hydrazine groups is 1. The highest BCUT2D eigenvalue weighted by Gasteiger charge is 2.62. The van der Waals surface area contributed by atoms with Crippen molar-refractivity contribution in [3.63, 3.8) is 0 Å². The van der Waals surface area contributed by atoms with E-state index >= 15 is 8.78 Å². The first kappa shape index (κ1) is 31.6. The topological polar surface area (TPSA) is 111 Å². The van der Waals surface area contributed by atoms with E-state index in [0.29, 0.717) is 53.6 Å². The SMILES string of the molecule is CCOC(=O)C1=C(CN2CC(F)(F)[C@@H]3[C@H]2CN(C)N3CC2CC(C)(C(=O)O)C2)NC(c2nccs2)=N[C@H]1c1cccc(F)c1C. The van der Waals surface area contributed by atoms with Gasteiger partial charge in [-0.15, -0.1) is 11.3 Å². The van der Waals surface area contributed by atoms with Crippen LogP contribution in [0.2, 0.25) is 0 Å². The highest BCUT2D eigenvalue weighted by atomic mass is 32.1. The molecule has 3 fully saturated rings. The molecule has 1 saturated carbocycles. The van der Waals surface area contributed by atoms with E-state index < -0.39 is 53.8 Å². The average molecular weight is 647 g/mol. The van der Waals surface area contributed by atoms with Gasteiger partial charge >= 0.3 is 11.9 Å². The predicted octanol–water partition coefficient (Wildman–Crippen LogP) is 3.85. The number of hydrogen-bond donors (Lipinski definition) is 2. The van der Waals surface area contributed by atoms with Gasteiger partial charge in [-0.25, -0.2) is 33.0 Å². The molecule has 1 aromatic heterocycles. The smallest absolute Gasteiger partial charge is 0.338 e. The lowest BCUT2D eigenvalue weighted by Crippen LogP contribution is -2.53. The molecule has 45 heavy (non-hydrogen) atoms. The van der Waals surface area contributed by atoms with Crippen molar-refractivity contribution in [1.29, 1.82) is 0 Å². The van der Waals surface area contributed by atoms with Crippen LogP contribution < -0.4 is 5.32 Å². The van der Waals surface area contributed by atoms with Crippen molar-refractivity contribution >= 4 is 29.1 Å². The summed E-state index contributed by atoms with van der Waals surface area (Å²) in [5.74, 6) is -4.67. The molecule has 6 rings (SSSR count). The van der Waals surface area contributed by atoms with Gasteiger partial charge < -0.3 is 15.2 Å². The predicted molar refractivity (Wildman–Crippen MR) is 161 cm³/mol. The molecule has 0 radical (unpaired) electrons. The van der Waals surface area contributed by atoms with Crippen LogP contribution in [0.5, 0.6) is 0 Å².